The second kappa shape index (κ2) is 12.2. The minimum Gasteiger partial charge on any atom is -0.352 e. The van der Waals surface area contributed by atoms with E-state index in [4.69, 9.17) is 11.6 Å². The Bertz CT molecular complexity index is 1090. The summed E-state index contributed by atoms with van der Waals surface area (Å²) in [6, 6.07) is 13.3. The van der Waals surface area contributed by atoms with Crippen LogP contribution >= 0.6 is 11.6 Å². The zero-order valence-corrected chi connectivity index (χ0v) is 22.0. The van der Waals surface area contributed by atoms with E-state index in [-0.39, 0.29) is 29.2 Å². The Morgan fingerprint density at radius 3 is 2.18 bits per heavy atom. The summed E-state index contributed by atoms with van der Waals surface area (Å²) in [6.07, 6.45) is 2.16. The van der Waals surface area contributed by atoms with Crippen molar-refractivity contribution in [1.82, 2.24) is 10.2 Å². The van der Waals surface area contributed by atoms with Crippen molar-refractivity contribution in [1.29, 1.82) is 0 Å². The van der Waals surface area contributed by atoms with E-state index in [1.807, 2.05) is 52.0 Å². The highest BCUT2D eigenvalue weighted by Crippen LogP contribution is 2.27. The molecule has 0 bridgehead atoms. The normalized spacial score (nSPS) is 13.1. The number of aryl methyl sites for hydroxylation is 1. The van der Waals surface area contributed by atoms with Crippen LogP contribution in [-0.4, -0.2) is 50.0 Å². The van der Waals surface area contributed by atoms with E-state index < -0.39 is 28.5 Å². The van der Waals surface area contributed by atoms with Crippen LogP contribution in [0.1, 0.15) is 44.7 Å². The molecule has 0 saturated heterocycles. The van der Waals surface area contributed by atoms with E-state index >= 15 is 0 Å². The molecular weight excluding hydrogens is 474 g/mol. The smallest absolute Gasteiger partial charge is 0.244 e. The number of carbonyl (C=O) groups is 2. The van der Waals surface area contributed by atoms with Gasteiger partial charge in [-0.25, -0.2) is 8.42 Å². The lowest BCUT2D eigenvalue weighted by Gasteiger charge is -2.33. The van der Waals surface area contributed by atoms with E-state index in [1.54, 1.807) is 24.3 Å². The Labute approximate surface area is 208 Å². The number of nitrogens with one attached hydrogen (secondary N) is 1. The zero-order valence-electron chi connectivity index (χ0n) is 20.4. The van der Waals surface area contributed by atoms with Crippen LogP contribution in [0.15, 0.2) is 48.5 Å². The molecule has 0 aliphatic rings. The number of halogens is 1. The number of hydrogen-bond donors (Lipinski definition) is 1. The van der Waals surface area contributed by atoms with E-state index in [1.165, 1.54) is 4.90 Å². The fourth-order valence-electron chi connectivity index (χ4n) is 3.50. The molecule has 2 aromatic rings. The molecule has 0 spiro atoms. The average Bonchev–Trinajstić information content (AvgIpc) is 2.78. The Balaban J connectivity index is 2.44. The van der Waals surface area contributed by atoms with Crippen molar-refractivity contribution in [3.8, 4) is 0 Å². The minimum atomic E-state index is -3.82. The second-order valence-corrected chi connectivity index (χ2v) is 10.8. The van der Waals surface area contributed by atoms with Crippen LogP contribution in [0.2, 0.25) is 5.02 Å². The largest absolute Gasteiger partial charge is 0.352 e. The van der Waals surface area contributed by atoms with Crippen molar-refractivity contribution in [3.05, 3.63) is 64.7 Å². The monoisotopic (exact) mass is 507 g/mol. The quantitative estimate of drug-likeness (QED) is 0.495. The van der Waals surface area contributed by atoms with Gasteiger partial charge in [0.25, 0.3) is 0 Å². The van der Waals surface area contributed by atoms with Crippen LogP contribution in [-0.2, 0) is 26.2 Å². The van der Waals surface area contributed by atoms with Gasteiger partial charge in [-0.1, -0.05) is 67.4 Å². The van der Waals surface area contributed by atoms with Gasteiger partial charge in [0.2, 0.25) is 21.8 Å². The predicted octanol–water partition coefficient (Wildman–Crippen LogP) is 4.14. The number of amides is 2. The van der Waals surface area contributed by atoms with Gasteiger partial charge in [0.05, 0.1) is 17.0 Å². The van der Waals surface area contributed by atoms with Gasteiger partial charge in [-0.15, -0.1) is 0 Å². The number of sulfonamides is 1. The van der Waals surface area contributed by atoms with Crippen LogP contribution in [0.4, 0.5) is 5.69 Å². The molecule has 34 heavy (non-hydrogen) atoms. The van der Waals surface area contributed by atoms with E-state index in [9.17, 15) is 18.0 Å². The first-order chi connectivity index (χ1) is 16.0. The first-order valence-corrected chi connectivity index (χ1v) is 13.6. The number of carbonyl (C=O) groups excluding carboxylic acids is 2. The molecule has 0 radical (unpaired) electrons. The van der Waals surface area contributed by atoms with Gasteiger partial charge < -0.3 is 10.2 Å². The molecule has 2 amide bonds. The molecule has 1 N–H and O–H groups in total. The third-order valence-electron chi connectivity index (χ3n) is 5.66. The van der Waals surface area contributed by atoms with Crippen molar-refractivity contribution < 1.29 is 18.0 Å². The van der Waals surface area contributed by atoms with Gasteiger partial charge in [0, 0.05) is 12.6 Å². The predicted molar refractivity (Wildman–Crippen MR) is 137 cm³/mol. The van der Waals surface area contributed by atoms with E-state index in [0.717, 1.165) is 28.1 Å². The second-order valence-electron chi connectivity index (χ2n) is 8.47. The van der Waals surface area contributed by atoms with Gasteiger partial charge in [0.15, 0.2) is 0 Å². The molecule has 7 nitrogen and oxygen atoms in total. The fourth-order valence-corrected chi connectivity index (χ4v) is 4.65. The SMILES string of the molecule is CC[C@@H](C)NC(=O)[C@H](CC)N(Cc1ccc(C)cc1)C(=O)CN(c1ccccc1Cl)S(C)(=O)=O. The van der Waals surface area contributed by atoms with Crippen LogP contribution in [0.25, 0.3) is 0 Å². The standard InChI is InChI=1S/C25H34ClN3O4S/c1-6-19(4)27-25(31)22(7-2)28(16-20-14-12-18(3)13-15-20)24(30)17-29(34(5,32)33)23-11-9-8-10-21(23)26/h8-15,19,22H,6-7,16-17H2,1-5H3,(H,27,31)/t19-,22+/m1/s1. The van der Waals surface area contributed by atoms with Crippen LogP contribution in [0, 0.1) is 6.92 Å². The minimum absolute atomic E-state index is 0.0477. The lowest BCUT2D eigenvalue weighted by atomic mass is 10.1. The highest BCUT2D eigenvalue weighted by atomic mass is 35.5. The van der Waals surface area contributed by atoms with E-state index in [0.29, 0.717) is 6.42 Å². The lowest BCUT2D eigenvalue weighted by molar-refractivity contribution is -0.140. The maximum Gasteiger partial charge on any atom is 0.244 e. The molecule has 2 aromatic carbocycles. The van der Waals surface area contributed by atoms with Crippen LogP contribution in [0.3, 0.4) is 0 Å². The Kier molecular flexibility index (Phi) is 9.94. The Morgan fingerprint density at radius 2 is 1.65 bits per heavy atom. The van der Waals surface area contributed by atoms with E-state index in [2.05, 4.69) is 5.32 Å². The van der Waals surface area contributed by atoms with Gasteiger partial charge >= 0.3 is 0 Å². The molecular formula is C25H34ClN3O4S. The third kappa shape index (κ3) is 7.46. The molecule has 9 heteroatoms. The highest BCUT2D eigenvalue weighted by Gasteiger charge is 2.32. The number of nitrogens with zero attached hydrogens (tertiary/aromatic N) is 2. The van der Waals surface area contributed by atoms with Crippen molar-refractivity contribution >= 4 is 39.1 Å². The zero-order chi connectivity index (χ0) is 25.5. The van der Waals surface area contributed by atoms with Crippen molar-refractivity contribution in [2.24, 2.45) is 0 Å². The highest BCUT2D eigenvalue weighted by molar-refractivity contribution is 7.92. The molecule has 0 aliphatic carbocycles. The van der Waals surface area contributed by atoms with Gasteiger partial charge in [-0.2, -0.15) is 0 Å². The lowest BCUT2D eigenvalue weighted by Crippen LogP contribution is -2.53. The molecule has 186 valence electrons. The summed E-state index contributed by atoms with van der Waals surface area (Å²) in [4.78, 5) is 28.2. The Morgan fingerprint density at radius 1 is 1.03 bits per heavy atom. The summed E-state index contributed by atoms with van der Waals surface area (Å²) in [6.45, 7) is 7.37. The third-order valence-corrected chi connectivity index (χ3v) is 7.11. The number of anilines is 1. The van der Waals surface area contributed by atoms with Crippen molar-refractivity contribution in [2.45, 2.75) is 59.2 Å². The Hall–Kier alpha value is -2.58. The summed E-state index contributed by atoms with van der Waals surface area (Å²) in [5.74, 6) is -0.752. The fraction of sp³-hybridized carbons (Fsp3) is 0.440. The average molecular weight is 508 g/mol. The van der Waals surface area contributed by atoms with Crippen molar-refractivity contribution in [2.75, 3.05) is 17.1 Å². The number of hydrogen-bond acceptors (Lipinski definition) is 4. The molecule has 0 aliphatic heterocycles. The maximum atomic E-state index is 13.6. The topological polar surface area (TPSA) is 86.8 Å². The van der Waals surface area contributed by atoms with Gasteiger partial charge in [-0.05, 0) is 44.4 Å². The number of rotatable bonds is 11. The molecule has 0 unspecified atom stereocenters. The maximum absolute atomic E-state index is 13.6. The van der Waals surface area contributed by atoms with Crippen molar-refractivity contribution in [3.63, 3.8) is 0 Å². The van der Waals surface area contributed by atoms with Gasteiger partial charge in [0.1, 0.15) is 12.6 Å². The van der Waals surface area contributed by atoms with Crippen LogP contribution in [0.5, 0.6) is 0 Å². The summed E-state index contributed by atoms with van der Waals surface area (Å²) >= 11 is 6.25. The first kappa shape index (κ1) is 27.7. The van der Waals surface area contributed by atoms with Gasteiger partial charge in [-0.3, -0.25) is 13.9 Å². The summed E-state index contributed by atoms with van der Waals surface area (Å²) in [7, 11) is -3.82. The van der Waals surface area contributed by atoms with Crippen LogP contribution < -0.4 is 9.62 Å². The summed E-state index contributed by atoms with van der Waals surface area (Å²) in [5.41, 5.74) is 2.13. The molecule has 0 aromatic heterocycles. The molecule has 2 atom stereocenters. The molecule has 0 fully saturated rings. The number of para-hydroxylation sites is 1. The molecule has 0 saturated carbocycles. The summed E-state index contributed by atoms with van der Waals surface area (Å²) in [5, 5.41) is 3.16. The molecule has 2 rings (SSSR count). The summed E-state index contributed by atoms with van der Waals surface area (Å²) < 4.78 is 26.2. The number of benzene rings is 2. The molecule has 0 heterocycles. The first-order valence-electron chi connectivity index (χ1n) is 11.4.